The average Bonchev–Trinajstić information content (AvgIpc) is 2.96. The van der Waals surface area contributed by atoms with Crippen LogP contribution in [0.2, 0.25) is 0 Å². The SMILES string of the molecule is CCCSc1ncc(CNCCc2cnc[nH]2)cn1. The van der Waals surface area contributed by atoms with Crippen LogP contribution in [0.3, 0.4) is 0 Å². The van der Waals surface area contributed by atoms with Gasteiger partial charge in [0.1, 0.15) is 0 Å². The fraction of sp³-hybridized carbons (Fsp3) is 0.462. The second kappa shape index (κ2) is 7.91. The molecule has 2 rings (SSSR count). The van der Waals surface area contributed by atoms with E-state index in [4.69, 9.17) is 0 Å². The Morgan fingerprint density at radius 1 is 1.26 bits per heavy atom. The van der Waals surface area contributed by atoms with Gasteiger partial charge in [0, 0.05) is 55.1 Å². The van der Waals surface area contributed by atoms with Crippen molar-refractivity contribution in [3.05, 3.63) is 36.2 Å². The number of imidazole rings is 1. The van der Waals surface area contributed by atoms with Crippen LogP contribution in [-0.2, 0) is 13.0 Å². The summed E-state index contributed by atoms with van der Waals surface area (Å²) in [5.74, 6) is 1.07. The Kier molecular flexibility index (Phi) is 5.84. The van der Waals surface area contributed by atoms with Gasteiger partial charge in [-0.3, -0.25) is 0 Å². The van der Waals surface area contributed by atoms with Gasteiger partial charge in [-0.2, -0.15) is 0 Å². The normalized spacial score (nSPS) is 10.8. The van der Waals surface area contributed by atoms with Crippen molar-refractivity contribution >= 4 is 11.8 Å². The third-order valence-electron chi connectivity index (χ3n) is 2.57. The van der Waals surface area contributed by atoms with Crippen LogP contribution in [0.25, 0.3) is 0 Å². The first-order valence-electron chi connectivity index (χ1n) is 6.50. The number of rotatable bonds is 8. The van der Waals surface area contributed by atoms with E-state index in [2.05, 4.69) is 32.2 Å². The van der Waals surface area contributed by atoms with E-state index in [1.807, 2.05) is 18.6 Å². The van der Waals surface area contributed by atoms with Crippen LogP contribution in [0.4, 0.5) is 0 Å². The molecular formula is C13H19N5S. The molecule has 0 saturated heterocycles. The first-order chi connectivity index (χ1) is 9.38. The number of nitrogens with one attached hydrogen (secondary N) is 2. The lowest BCUT2D eigenvalue weighted by Crippen LogP contribution is -2.17. The molecule has 2 aromatic heterocycles. The first-order valence-corrected chi connectivity index (χ1v) is 7.48. The molecule has 0 fully saturated rings. The molecule has 2 aromatic rings. The summed E-state index contributed by atoms with van der Waals surface area (Å²) in [6, 6.07) is 0. The minimum atomic E-state index is 0.798. The van der Waals surface area contributed by atoms with Crippen LogP contribution in [0.15, 0.2) is 30.1 Å². The molecule has 2 N–H and O–H groups in total. The number of hydrogen-bond donors (Lipinski definition) is 2. The summed E-state index contributed by atoms with van der Waals surface area (Å²) in [4.78, 5) is 15.8. The molecule has 0 atom stereocenters. The predicted molar refractivity (Wildman–Crippen MR) is 77.0 cm³/mol. The Morgan fingerprint density at radius 3 is 2.79 bits per heavy atom. The number of H-pyrrole nitrogens is 1. The predicted octanol–water partition coefficient (Wildman–Crippen LogP) is 2.03. The Bertz CT molecular complexity index is 454. The summed E-state index contributed by atoms with van der Waals surface area (Å²) in [7, 11) is 0. The van der Waals surface area contributed by atoms with E-state index in [0.717, 1.165) is 48.1 Å². The Balaban J connectivity index is 1.68. The van der Waals surface area contributed by atoms with Crippen molar-refractivity contribution in [2.45, 2.75) is 31.5 Å². The van der Waals surface area contributed by atoms with Crippen LogP contribution in [0.1, 0.15) is 24.6 Å². The fourth-order valence-electron chi connectivity index (χ4n) is 1.58. The van der Waals surface area contributed by atoms with Gasteiger partial charge in [-0.15, -0.1) is 0 Å². The highest BCUT2D eigenvalue weighted by Crippen LogP contribution is 2.12. The van der Waals surface area contributed by atoms with Gasteiger partial charge in [-0.05, 0) is 6.42 Å². The van der Waals surface area contributed by atoms with Crippen LogP contribution in [-0.4, -0.2) is 32.2 Å². The molecular weight excluding hydrogens is 258 g/mol. The molecule has 0 aliphatic carbocycles. The highest BCUT2D eigenvalue weighted by molar-refractivity contribution is 7.99. The summed E-state index contributed by atoms with van der Waals surface area (Å²) in [5, 5.41) is 4.23. The molecule has 6 heteroatoms. The highest BCUT2D eigenvalue weighted by Gasteiger charge is 1.99. The zero-order valence-corrected chi connectivity index (χ0v) is 11.9. The number of hydrogen-bond acceptors (Lipinski definition) is 5. The molecule has 0 spiro atoms. The van der Waals surface area contributed by atoms with Gasteiger partial charge >= 0.3 is 0 Å². The standard InChI is InChI=1S/C13H19N5S/c1-2-5-19-13-16-7-11(8-17-13)6-14-4-3-12-9-15-10-18-12/h7-10,14H,2-6H2,1H3,(H,15,18). The first kappa shape index (κ1) is 14.0. The topological polar surface area (TPSA) is 66.5 Å². The van der Waals surface area contributed by atoms with Gasteiger partial charge in [0.15, 0.2) is 5.16 Å². The lowest BCUT2D eigenvalue weighted by Gasteiger charge is -2.04. The van der Waals surface area contributed by atoms with Gasteiger partial charge in [0.05, 0.1) is 6.33 Å². The van der Waals surface area contributed by atoms with Crippen molar-refractivity contribution in [2.75, 3.05) is 12.3 Å². The van der Waals surface area contributed by atoms with Gasteiger partial charge in [-0.1, -0.05) is 18.7 Å². The number of aromatic nitrogens is 4. The van der Waals surface area contributed by atoms with E-state index >= 15 is 0 Å². The van der Waals surface area contributed by atoms with Crippen LogP contribution >= 0.6 is 11.8 Å². The van der Waals surface area contributed by atoms with Gasteiger partial charge in [0.25, 0.3) is 0 Å². The third kappa shape index (κ3) is 5.00. The monoisotopic (exact) mass is 277 g/mol. The fourth-order valence-corrected chi connectivity index (χ4v) is 2.22. The van der Waals surface area contributed by atoms with Crippen molar-refractivity contribution < 1.29 is 0 Å². The van der Waals surface area contributed by atoms with Crippen molar-refractivity contribution in [2.24, 2.45) is 0 Å². The largest absolute Gasteiger partial charge is 0.348 e. The van der Waals surface area contributed by atoms with E-state index < -0.39 is 0 Å². The summed E-state index contributed by atoms with van der Waals surface area (Å²) < 4.78 is 0. The van der Waals surface area contributed by atoms with E-state index in [1.165, 1.54) is 0 Å². The van der Waals surface area contributed by atoms with E-state index in [1.54, 1.807) is 18.1 Å². The minimum Gasteiger partial charge on any atom is -0.348 e. The molecule has 0 amide bonds. The molecule has 0 aliphatic heterocycles. The third-order valence-corrected chi connectivity index (χ3v) is 3.65. The summed E-state index contributed by atoms with van der Waals surface area (Å²) in [5.41, 5.74) is 2.26. The molecule has 0 unspecified atom stereocenters. The molecule has 2 heterocycles. The summed E-state index contributed by atoms with van der Waals surface area (Å²) in [6.07, 6.45) is 9.44. The molecule has 5 nitrogen and oxygen atoms in total. The minimum absolute atomic E-state index is 0.798. The molecule has 0 aliphatic rings. The zero-order chi connectivity index (χ0) is 13.3. The van der Waals surface area contributed by atoms with Crippen molar-refractivity contribution in [3.63, 3.8) is 0 Å². The van der Waals surface area contributed by atoms with Crippen molar-refractivity contribution in [3.8, 4) is 0 Å². The summed E-state index contributed by atoms with van der Waals surface area (Å²) in [6.45, 7) is 3.87. The quantitative estimate of drug-likeness (QED) is 0.439. The Hall–Kier alpha value is -1.40. The molecule has 0 saturated carbocycles. The van der Waals surface area contributed by atoms with Gasteiger partial charge < -0.3 is 10.3 Å². The van der Waals surface area contributed by atoms with E-state index in [0.29, 0.717) is 0 Å². The lowest BCUT2D eigenvalue weighted by molar-refractivity contribution is 0.674. The molecule has 102 valence electrons. The van der Waals surface area contributed by atoms with E-state index in [9.17, 15) is 0 Å². The maximum Gasteiger partial charge on any atom is 0.187 e. The Labute approximate surface area is 117 Å². The second-order valence-corrected chi connectivity index (χ2v) is 5.29. The Morgan fingerprint density at radius 2 is 2.11 bits per heavy atom. The summed E-state index contributed by atoms with van der Waals surface area (Å²) >= 11 is 1.70. The zero-order valence-electron chi connectivity index (χ0n) is 11.1. The maximum atomic E-state index is 4.34. The highest BCUT2D eigenvalue weighted by atomic mass is 32.2. The number of aromatic amines is 1. The average molecular weight is 277 g/mol. The van der Waals surface area contributed by atoms with Gasteiger partial charge in [0.2, 0.25) is 0 Å². The van der Waals surface area contributed by atoms with E-state index in [-0.39, 0.29) is 0 Å². The molecule has 19 heavy (non-hydrogen) atoms. The second-order valence-electron chi connectivity index (χ2n) is 4.23. The van der Waals surface area contributed by atoms with Gasteiger partial charge in [-0.25, -0.2) is 15.0 Å². The maximum absolute atomic E-state index is 4.34. The van der Waals surface area contributed by atoms with Crippen LogP contribution in [0.5, 0.6) is 0 Å². The molecule has 0 aromatic carbocycles. The van der Waals surface area contributed by atoms with Crippen LogP contribution in [0, 0.1) is 0 Å². The molecule has 0 bridgehead atoms. The van der Waals surface area contributed by atoms with Crippen molar-refractivity contribution in [1.82, 2.24) is 25.3 Å². The van der Waals surface area contributed by atoms with Crippen molar-refractivity contribution in [1.29, 1.82) is 0 Å². The number of nitrogens with zero attached hydrogens (tertiary/aromatic N) is 3. The number of thioether (sulfide) groups is 1. The lowest BCUT2D eigenvalue weighted by atomic mass is 10.3. The van der Waals surface area contributed by atoms with Crippen LogP contribution < -0.4 is 5.32 Å². The molecule has 0 radical (unpaired) electrons. The smallest absolute Gasteiger partial charge is 0.187 e.